The maximum atomic E-state index is 14.4. The summed E-state index contributed by atoms with van der Waals surface area (Å²) in [5, 5.41) is 0. The molecule has 4 atom stereocenters. The van der Waals surface area contributed by atoms with Gasteiger partial charge in [-0.05, 0) is 38.0 Å². The minimum Gasteiger partial charge on any atom is -0.356 e. The SMILES string of the molecule is CC(=O)CC1[C@H]2CN(c3nc(N4CC(F)(F)[C@H]4C)nc4c3CCC4(F)F)C[C@@H]12. The van der Waals surface area contributed by atoms with E-state index in [0.29, 0.717) is 48.6 Å². The highest BCUT2D eigenvalue weighted by Gasteiger charge is 2.57. The minimum absolute atomic E-state index is 0.0328. The molecule has 0 bridgehead atoms. The highest BCUT2D eigenvalue weighted by molar-refractivity contribution is 5.76. The fraction of sp³-hybridized carbons (Fsp3) is 0.737. The number of Topliss-reactive ketones (excluding diaryl/α,β-unsaturated/α-hetero) is 1. The Labute approximate surface area is 160 Å². The van der Waals surface area contributed by atoms with E-state index in [2.05, 4.69) is 9.97 Å². The molecule has 2 aliphatic heterocycles. The van der Waals surface area contributed by atoms with Gasteiger partial charge < -0.3 is 14.6 Å². The van der Waals surface area contributed by atoms with E-state index in [9.17, 15) is 22.4 Å². The van der Waals surface area contributed by atoms with Gasteiger partial charge in [-0.25, -0.2) is 13.8 Å². The predicted octanol–water partition coefficient (Wildman–Crippen LogP) is 3.02. The van der Waals surface area contributed by atoms with Gasteiger partial charge >= 0.3 is 0 Å². The summed E-state index contributed by atoms with van der Waals surface area (Å²) < 4.78 is 56.0. The Morgan fingerprint density at radius 3 is 2.43 bits per heavy atom. The van der Waals surface area contributed by atoms with Gasteiger partial charge in [0.15, 0.2) is 0 Å². The van der Waals surface area contributed by atoms with Crippen molar-refractivity contribution in [1.82, 2.24) is 9.97 Å². The Bertz CT molecular complexity index is 849. The molecule has 9 heteroatoms. The normalized spacial score (nSPS) is 34.1. The average Bonchev–Trinajstić information content (AvgIpc) is 2.96. The fourth-order valence-corrected chi connectivity index (χ4v) is 5.10. The molecule has 0 N–H and O–H groups in total. The van der Waals surface area contributed by atoms with Crippen LogP contribution >= 0.6 is 0 Å². The van der Waals surface area contributed by atoms with E-state index in [1.165, 1.54) is 11.8 Å². The van der Waals surface area contributed by atoms with Crippen LogP contribution in [0.5, 0.6) is 0 Å². The second kappa shape index (κ2) is 5.57. The van der Waals surface area contributed by atoms with Crippen molar-refractivity contribution < 1.29 is 22.4 Å². The third-order valence-corrected chi connectivity index (χ3v) is 6.92. The fourth-order valence-electron chi connectivity index (χ4n) is 5.10. The lowest BCUT2D eigenvalue weighted by Crippen LogP contribution is -2.64. The number of alkyl halides is 4. The Hall–Kier alpha value is -1.93. The molecule has 0 aromatic carbocycles. The molecule has 28 heavy (non-hydrogen) atoms. The smallest absolute Gasteiger partial charge is 0.290 e. The maximum Gasteiger partial charge on any atom is 0.290 e. The number of ketones is 1. The topological polar surface area (TPSA) is 49.3 Å². The van der Waals surface area contributed by atoms with Crippen LogP contribution in [0.3, 0.4) is 0 Å². The molecule has 3 heterocycles. The number of carbonyl (C=O) groups is 1. The summed E-state index contributed by atoms with van der Waals surface area (Å²) in [6.45, 7) is 3.73. The molecule has 1 aromatic rings. The van der Waals surface area contributed by atoms with Crippen LogP contribution in [0, 0.1) is 17.8 Å². The summed E-state index contributed by atoms with van der Waals surface area (Å²) in [5.41, 5.74) is 0.133. The second-order valence-corrected chi connectivity index (χ2v) is 8.75. The van der Waals surface area contributed by atoms with Crippen LogP contribution in [0.15, 0.2) is 0 Å². The van der Waals surface area contributed by atoms with Crippen LogP contribution in [0.2, 0.25) is 0 Å². The first-order chi connectivity index (χ1) is 13.1. The van der Waals surface area contributed by atoms with Gasteiger partial charge in [-0.1, -0.05) is 0 Å². The Morgan fingerprint density at radius 1 is 1.18 bits per heavy atom. The summed E-state index contributed by atoms with van der Waals surface area (Å²) in [5.74, 6) is -4.18. The standard InChI is InChI=1S/C19H22F4N4O/c1-9(28)5-12-13-6-26(7-14(12)13)16-11-3-4-18(20,21)15(11)24-17(25-16)27-8-19(22,23)10(27)2/h10,12-14H,3-8H2,1-2H3/t10-,12?,13-,14+/m1/s1. The molecular weight excluding hydrogens is 376 g/mol. The lowest BCUT2D eigenvalue weighted by atomic mass is 10.0. The number of rotatable bonds is 4. The third kappa shape index (κ3) is 2.54. The average molecular weight is 398 g/mol. The molecule has 1 aromatic heterocycles. The van der Waals surface area contributed by atoms with Crippen LogP contribution in [-0.4, -0.2) is 47.3 Å². The van der Waals surface area contributed by atoms with Crippen LogP contribution in [-0.2, 0) is 17.1 Å². The van der Waals surface area contributed by atoms with E-state index in [0.717, 1.165) is 0 Å². The van der Waals surface area contributed by atoms with Gasteiger partial charge in [-0.15, -0.1) is 0 Å². The Morgan fingerprint density at radius 2 is 1.86 bits per heavy atom. The first-order valence-electron chi connectivity index (χ1n) is 9.76. The van der Waals surface area contributed by atoms with E-state index in [4.69, 9.17) is 0 Å². The predicted molar refractivity (Wildman–Crippen MR) is 94.0 cm³/mol. The van der Waals surface area contributed by atoms with Crippen LogP contribution < -0.4 is 9.80 Å². The molecule has 1 unspecified atom stereocenters. The van der Waals surface area contributed by atoms with Gasteiger partial charge in [0.1, 0.15) is 17.3 Å². The number of hydrogen-bond acceptors (Lipinski definition) is 5. The molecule has 0 amide bonds. The number of nitrogens with zero attached hydrogens (tertiary/aromatic N) is 4. The molecule has 4 aliphatic rings. The summed E-state index contributed by atoms with van der Waals surface area (Å²) in [4.78, 5) is 23.1. The Kier molecular flexibility index (Phi) is 3.60. The van der Waals surface area contributed by atoms with Gasteiger partial charge in [0.2, 0.25) is 5.95 Å². The zero-order valence-corrected chi connectivity index (χ0v) is 15.8. The first kappa shape index (κ1) is 18.1. The highest BCUT2D eigenvalue weighted by Crippen LogP contribution is 2.55. The molecule has 5 nitrogen and oxygen atoms in total. The molecule has 0 spiro atoms. The molecule has 0 radical (unpaired) electrons. The molecule has 3 fully saturated rings. The van der Waals surface area contributed by atoms with Crippen molar-refractivity contribution in [1.29, 1.82) is 0 Å². The summed E-state index contributed by atoms with van der Waals surface area (Å²) in [7, 11) is 0. The zero-order valence-electron chi connectivity index (χ0n) is 15.8. The lowest BCUT2D eigenvalue weighted by Gasteiger charge is -2.46. The number of aromatic nitrogens is 2. The highest BCUT2D eigenvalue weighted by atomic mass is 19.3. The van der Waals surface area contributed by atoms with Crippen molar-refractivity contribution in [3.05, 3.63) is 11.3 Å². The van der Waals surface area contributed by atoms with E-state index < -0.39 is 24.4 Å². The number of anilines is 2. The molecule has 5 rings (SSSR count). The van der Waals surface area contributed by atoms with E-state index in [-0.39, 0.29) is 30.3 Å². The molecule has 152 valence electrons. The van der Waals surface area contributed by atoms with Crippen molar-refractivity contribution in [3.63, 3.8) is 0 Å². The van der Waals surface area contributed by atoms with Crippen molar-refractivity contribution in [3.8, 4) is 0 Å². The van der Waals surface area contributed by atoms with Crippen LogP contribution in [0.4, 0.5) is 29.3 Å². The number of piperidine rings is 1. The number of halogens is 4. The molecule has 2 saturated heterocycles. The van der Waals surface area contributed by atoms with Crippen molar-refractivity contribution in [2.45, 2.75) is 51.0 Å². The van der Waals surface area contributed by atoms with Gasteiger partial charge in [-0.3, -0.25) is 0 Å². The molecule has 1 saturated carbocycles. The maximum absolute atomic E-state index is 14.4. The van der Waals surface area contributed by atoms with Crippen molar-refractivity contribution in [2.75, 3.05) is 29.4 Å². The number of hydrogen-bond donors (Lipinski definition) is 0. The van der Waals surface area contributed by atoms with Gasteiger partial charge in [0, 0.05) is 31.5 Å². The monoisotopic (exact) mass is 398 g/mol. The van der Waals surface area contributed by atoms with Crippen molar-refractivity contribution >= 4 is 17.5 Å². The quantitative estimate of drug-likeness (QED) is 0.730. The van der Waals surface area contributed by atoms with Gasteiger partial charge in [0.05, 0.1) is 12.6 Å². The van der Waals surface area contributed by atoms with Gasteiger partial charge in [-0.2, -0.15) is 13.8 Å². The largest absolute Gasteiger partial charge is 0.356 e. The first-order valence-corrected chi connectivity index (χ1v) is 9.76. The lowest BCUT2D eigenvalue weighted by molar-refractivity contribution is -0.117. The molecule has 2 aliphatic carbocycles. The van der Waals surface area contributed by atoms with E-state index in [1.54, 1.807) is 6.92 Å². The zero-order chi connectivity index (χ0) is 20.0. The summed E-state index contributed by atoms with van der Waals surface area (Å²) >= 11 is 0. The number of carbonyl (C=O) groups excluding carboxylic acids is 1. The molecular formula is C19H22F4N4O. The van der Waals surface area contributed by atoms with Gasteiger partial charge in [0.25, 0.3) is 11.8 Å². The Balaban J connectivity index is 1.45. The number of fused-ring (bicyclic) bond motifs is 2. The minimum atomic E-state index is -3.06. The summed E-state index contributed by atoms with van der Waals surface area (Å²) in [6, 6.07) is -1.11. The van der Waals surface area contributed by atoms with Crippen LogP contribution in [0.25, 0.3) is 0 Å². The van der Waals surface area contributed by atoms with E-state index >= 15 is 0 Å². The van der Waals surface area contributed by atoms with Crippen LogP contribution in [0.1, 0.15) is 37.9 Å². The summed E-state index contributed by atoms with van der Waals surface area (Å²) in [6.07, 6.45) is 0.425. The van der Waals surface area contributed by atoms with Crippen molar-refractivity contribution in [2.24, 2.45) is 17.8 Å². The third-order valence-electron chi connectivity index (χ3n) is 6.92. The second-order valence-electron chi connectivity index (χ2n) is 8.75. The van der Waals surface area contributed by atoms with E-state index in [1.807, 2.05) is 4.90 Å².